The Hall–Kier alpha value is -2.93. The van der Waals surface area contributed by atoms with Gasteiger partial charge in [0, 0.05) is 18.5 Å². The standard InChI is InChI=1S/C18H16ClFN2O4/c1-11(23)21-9-12-2-4-13(5-3-12)18(25)26-10-17(24)22-16-8-14(19)6-7-15(16)20/h2-8H,9-10H2,1H3,(H,21,23)(H,22,24). The molecule has 8 heteroatoms. The van der Waals surface area contributed by atoms with Gasteiger partial charge in [-0.2, -0.15) is 0 Å². The van der Waals surface area contributed by atoms with Crippen LogP contribution in [0.15, 0.2) is 42.5 Å². The number of hydrogen-bond donors (Lipinski definition) is 2. The molecule has 0 aliphatic heterocycles. The van der Waals surface area contributed by atoms with Gasteiger partial charge in [-0.05, 0) is 35.9 Å². The second-order valence-corrected chi connectivity index (χ2v) is 5.79. The van der Waals surface area contributed by atoms with Crippen LogP contribution in [-0.2, 0) is 20.9 Å². The van der Waals surface area contributed by atoms with Crippen LogP contribution >= 0.6 is 11.6 Å². The highest BCUT2D eigenvalue weighted by Crippen LogP contribution is 2.19. The molecule has 0 aliphatic rings. The normalized spacial score (nSPS) is 10.1. The van der Waals surface area contributed by atoms with Gasteiger partial charge in [0.2, 0.25) is 5.91 Å². The molecule has 0 fully saturated rings. The minimum atomic E-state index is -0.696. The molecule has 2 amide bonds. The molecule has 2 aromatic rings. The van der Waals surface area contributed by atoms with Crippen LogP contribution in [0.3, 0.4) is 0 Å². The summed E-state index contributed by atoms with van der Waals surface area (Å²) >= 11 is 5.73. The number of halogens is 2. The van der Waals surface area contributed by atoms with Crippen molar-refractivity contribution in [3.63, 3.8) is 0 Å². The maximum absolute atomic E-state index is 13.5. The summed E-state index contributed by atoms with van der Waals surface area (Å²) < 4.78 is 18.4. The van der Waals surface area contributed by atoms with Crippen LogP contribution in [-0.4, -0.2) is 24.4 Å². The molecule has 0 bridgehead atoms. The molecule has 0 atom stereocenters. The maximum Gasteiger partial charge on any atom is 0.338 e. The van der Waals surface area contributed by atoms with Gasteiger partial charge in [0.1, 0.15) is 5.82 Å². The second kappa shape index (κ2) is 8.96. The van der Waals surface area contributed by atoms with Crippen LogP contribution in [0.1, 0.15) is 22.8 Å². The maximum atomic E-state index is 13.5. The number of carbonyl (C=O) groups excluding carboxylic acids is 3. The number of rotatable bonds is 6. The predicted octanol–water partition coefficient (Wildman–Crippen LogP) is 2.91. The lowest BCUT2D eigenvalue weighted by molar-refractivity contribution is -0.119. The number of amides is 2. The van der Waals surface area contributed by atoms with E-state index in [1.54, 1.807) is 12.1 Å². The second-order valence-electron chi connectivity index (χ2n) is 5.36. The number of nitrogens with one attached hydrogen (secondary N) is 2. The van der Waals surface area contributed by atoms with Crippen molar-refractivity contribution in [2.24, 2.45) is 0 Å². The smallest absolute Gasteiger partial charge is 0.338 e. The lowest BCUT2D eigenvalue weighted by atomic mass is 10.1. The highest BCUT2D eigenvalue weighted by Gasteiger charge is 2.12. The fourth-order valence-electron chi connectivity index (χ4n) is 1.98. The average Bonchev–Trinajstić information content (AvgIpc) is 2.61. The van der Waals surface area contributed by atoms with Crippen molar-refractivity contribution in [1.82, 2.24) is 5.32 Å². The van der Waals surface area contributed by atoms with Crippen LogP contribution in [0.2, 0.25) is 5.02 Å². The predicted molar refractivity (Wildman–Crippen MR) is 94.3 cm³/mol. The van der Waals surface area contributed by atoms with E-state index in [1.807, 2.05) is 0 Å². The minimum absolute atomic E-state index is 0.0964. The molecule has 0 aromatic heterocycles. The lowest BCUT2D eigenvalue weighted by Crippen LogP contribution is -2.21. The molecule has 0 heterocycles. The monoisotopic (exact) mass is 378 g/mol. The molecule has 2 aromatic carbocycles. The SMILES string of the molecule is CC(=O)NCc1ccc(C(=O)OCC(=O)Nc2cc(Cl)ccc2F)cc1. The molecule has 6 nitrogen and oxygen atoms in total. The van der Waals surface area contributed by atoms with Crippen molar-refractivity contribution in [2.45, 2.75) is 13.5 Å². The van der Waals surface area contributed by atoms with E-state index < -0.39 is 24.3 Å². The Morgan fingerprint density at radius 3 is 2.46 bits per heavy atom. The molecule has 2 N–H and O–H groups in total. The Labute approximate surface area is 154 Å². The number of carbonyl (C=O) groups is 3. The molecule has 136 valence electrons. The zero-order chi connectivity index (χ0) is 19.1. The van der Waals surface area contributed by atoms with Crippen LogP contribution in [0.25, 0.3) is 0 Å². The third-order valence-electron chi connectivity index (χ3n) is 3.27. The Morgan fingerprint density at radius 2 is 1.81 bits per heavy atom. The summed E-state index contributed by atoms with van der Waals surface area (Å²) in [6, 6.07) is 10.1. The Kier molecular flexibility index (Phi) is 6.68. The van der Waals surface area contributed by atoms with E-state index in [1.165, 1.54) is 31.2 Å². The van der Waals surface area contributed by atoms with Gasteiger partial charge in [0.15, 0.2) is 6.61 Å². The Balaban J connectivity index is 1.86. The summed E-state index contributed by atoms with van der Waals surface area (Å²) in [6.07, 6.45) is 0. The number of esters is 1. The van der Waals surface area contributed by atoms with Crippen molar-refractivity contribution in [3.8, 4) is 0 Å². The molecule has 0 radical (unpaired) electrons. The number of ether oxygens (including phenoxy) is 1. The van der Waals surface area contributed by atoms with Crippen LogP contribution < -0.4 is 10.6 Å². The third-order valence-corrected chi connectivity index (χ3v) is 3.50. The fraction of sp³-hybridized carbons (Fsp3) is 0.167. The van der Waals surface area contributed by atoms with Crippen molar-refractivity contribution in [3.05, 3.63) is 64.4 Å². The van der Waals surface area contributed by atoms with Gasteiger partial charge in [-0.15, -0.1) is 0 Å². The molecule has 0 saturated carbocycles. The minimum Gasteiger partial charge on any atom is -0.452 e. The highest BCUT2D eigenvalue weighted by atomic mass is 35.5. The van der Waals surface area contributed by atoms with Crippen LogP contribution in [0.4, 0.5) is 10.1 Å². The molecule has 0 aliphatic carbocycles. The van der Waals surface area contributed by atoms with E-state index in [0.29, 0.717) is 6.54 Å². The number of benzene rings is 2. The molecule has 0 saturated heterocycles. The third kappa shape index (κ3) is 5.86. The van der Waals surface area contributed by atoms with Gasteiger partial charge < -0.3 is 15.4 Å². The van der Waals surface area contributed by atoms with Gasteiger partial charge in [0.25, 0.3) is 5.91 Å². The highest BCUT2D eigenvalue weighted by molar-refractivity contribution is 6.30. The van der Waals surface area contributed by atoms with Crippen molar-refractivity contribution >= 4 is 35.1 Å². The molecule has 26 heavy (non-hydrogen) atoms. The number of anilines is 1. The van der Waals surface area contributed by atoms with Gasteiger partial charge in [-0.25, -0.2) is 9.18 Å². The largest absolute Gasteiger partial charge is 0.452 e. The zero-order valence-corrected chi connectivity index (χ0v) is 14.6. The van der Waals surface area contributed by atoms with Gasteiger partial charge in [-0.1, -0.05) is 23.7 Å². The first-order valence-corrected chi connectivity index (χ1v) is 7.98. The fourth-order valence-corrected chi connectivity index (χ4v) is 2.15. The van der Waals surface area contributed by atoms with E-state index in [4.69, 9.17) is 16.3 Å². The topological polar surface area (TPSA) is 84.5 Å². The first-order chi connectivity index (χ1) is 12.3. The van der Waals surface area contributed by atoms with Gasteiger partial charge in [0.05, 0.1) is 11.3 Å². The summed E-state index contributed by atoms with van der Waals surface area (Å²) in [5.74, 6) is -2.20. The summed E-state index contributed by atoms with van der Waals surface area (Å²) in [4.78, 5) is 34.6. The summed E-state index contributed by atoms with van der Waals surface area (Å²) in [5, 5.41) is 5.17. The summed E-state index contributed by atoms with van der Waals surface area (Å²) in [6.45, 7) is 1.18. The Morgan fingerprint density at radius 1 is 1.12 bits per heavy atom. The lowest BCUT2D eigenvalue weighted by Gasteiger charge is -2.08. The van der Waals surface area contributed by atoms with E-state index >= 15 is 0 Å². The number of hydrogen-bond acceptors (Lipinski definition) is 4. The van der Waals surface area contributed by atoms with E-state index in [9.17, 15) is 18.8 Å². The van der Waals surface area contributed by atoms with Crippen LogP contribution in [0.5, 0.6) is 0 Å². The van der Waals surface area contributed by atoms with Crippen molar-refractivity contribution in [2.75, 3.05) is 11.9 Å². The molecule has 0 unspecified atom stereocenters. The Bertz CT molecular complexity index is 824. The van der Waals surface area contributed by atoms with Crippen molar-refractivity contribution in [1.29, 1.82) is 0 Å². The first kappa shape index (κ1) is 19.4. The van der Waals surface area contributed by atoms with E-state index in [2.05, 4.69) is 10.6 Å². The molecular formula is C18H16ClFN2O4. The van der Waals surface area contributed by atoms with Crippen molar-refractivity contribution < 1.29 is 23.5 Å². The average molecular weight is 379 g/mol. The van der Waals surface area contributed by atoms with Gasteiger partial charge >= 0.3 is 5.97 Å². The van der Waals surface area contributed by atoms with E-state index in [-0.39, 0.29) is 22.2 Å². The van der Waals surface area contributed by atoms with Gasteiger partial charge in [-0.3, -0.25) is 9.59 Å². The summed E-state index contributed by atoms with van der Waals surface area (Å²) in [7, 11) is 0. The van der Waals surface area contributed by atoms with E-state index in [0.717, 1.165) is 11.6 Å². The summed E-state index contributed by atoms with van der Waals surface area (Å²) in [5.41, 5.74) is 0.963. The molecule has 0 spiro atoms. The first-order valence-electron chi connectivity index (χ1n) is 7.60. The van der Waals surface area contributed by atoms with Crippen LogP contribution in [0, 0.1) is 5.82 Å². The zero-order valence-electron chi connectivity index (χ0n) is 13.8. The quantitative estimate of drug-likeness (QED) is 0.757. The molecule has 2 rings (SSSR count). The molecular weight excluding hydrogens is 363 g/mol.